The Morgan fingerprint density at radius 3 is 2.59 bits per heavy atom. The van der Waals surface area contributed by atoms with E-state index in [0.717, 1.165) is 58.0 Å². The summed E-state index contributed by atoms with van der Waals surface area (Å²) in [6.45, 7) is 9.75. The maximum Gasteiger partial charge on any atom is 0.324 e. The van der Waals surface area contributed by atoms with Crippen molar-refractivity contribution in [2.24, 2.45) is 0 Å². The quantitative estimate of drug-likeness (QED) is 0.860. The molecule has 0 unspecified atom stereocenters. The van der Waals surface area contributed by atoms with Crippen LogP contribution in [0.3, 0.4) is 0 Å². The first-order valence-electron chi connectivity index (χ1n) is 8.26. The van der Waals surface area contributed by atoms with Crippen molar-refractivity contribution in [1.82, 2.24) is 4.90 Å². The summed E-state index contributed by atoms with van der Waals surface area (Å²) >= 11 is 0. The van der Waals surface area contributed by atoms with Gasteiger partial charge in [0.25, 0.3) is 0 Å². The van der Waals surface area contributed by atoms with Gasteiger partial charge in [-0.2, -0.15) is 0 Å². The van der Waals surface area contributed by atoms with Crippen molar-refractivity contribution < 1.29 is 9.53 Å². The third-order valence-electron chi connectivity index (χ3n) is 4.61. The Kier molecular flexibility index (Phi) is 4.52. The van der Waals surface area contributed by atoms with Gasteiger partial charge in [0.15, 0.2) is 0 Å². The van der Waals surface area contributed by atoms with Crippen LogP contribution < -0.4 is 9.80 Å². The molecule has 1 saturated heterocycles. The highest BCUT2D eigenvalue weighted by atomic mass is 16.5. The third kappa shape index (κ3) is 2.77. The van der Waals surface area contributed by atoms with E-state index >= 15 is 0 Å². The van der Waals surface area contributed by atoms with Crippen molar-refractivity contribution in [1.29, 1.82) is 0 Å². The summed E-state index contributed by atoms with van der Waals surface area (Å²) in [7, 11) is 0. The van der Waals surface area contributed by atoms with Crippen molar-refractivity contribution in [2.45, 2.75) is 20.3 Å². The topological polar surface area (TPSA) is 36.0 Å². The van der Waals surface area contributed by atoms with Crippen molar-refractivity contribution in [3.63, 3.8) is 0 Å². The van der Waals surface area contributed by atoms with Crippen molar-refractivity contribution in [2.75, 3.05) is 55.7 Å². The minimum absolute atomic E-state index is 0.128. The second-order valence-electron chi connectivity index (χ2n) is 5.77. The first-order chi connectivity index (χ1) is 10.7. The van der Waals surface area contributed by atoms with E-state index in [9.17, 15) is 4.79 Å². The smallest absolute Gasteiger partial charge is 0.324 e. The molecule has 2 amide bonds. The van der Waals surface area contributed by atoms with Gasteiger partial charge in [0.05, 0.1) is 18.9 Å². The highest BCUT2D eigenvalue weighted by molar-refractivity contribution is 5.95. The molecule has 0 saturated carbocycles. The van der Waals surface area contributed by atoms with E-state index in [1.807, 2.05) is 23.6 Å². The molecule has 0 bridgehead atoms. The van der Waals surface area contributed by atoms with Gasteiger partial charge >= 0.3 is 6.03 Å². The van der Waals surface area contributed by atoms with Crippen LogP contribution in [-0.4, -0.2) is 56.9 Å². The fourth-order valence-corrected chi connectivity index (χ4v) is 3.25. The predicted molar refractivity (Wildman–Crippen MR) is 88.8 cm³/mol. The van der Waals surface area contributed by atoms with E-state index in [2.05, 4.69) is 23.1 Å². The zero-order chi connectivity index (χ0) is 15.5. The minimum atomic E-state index is 0.128. The molecule has 22 heavy (non-hydrogen) atoms. The summed E-state index contributed by atoms with van der Waals surface area (Å²) in [6, 6.07) is 6.66. The molecule has 1 aromatic rings. The maximum absolute atomic E-state index is 12.7. The molecule has 2 aliphatic heterocycles. The zero-order valence-electron chi connectivity index (χ0n) is 13.5. The fourth-order valence-electron chi connectivity index (χ4n) is 3.25. The lowest BCUT2D eigenvalue weighted by molar-refractivity contribution is 0.122. The number of carbonyl (C=O) groups excluding carboxylic acids is 1. The Bertz CT molecular complexity index is 537. The summed E-state index contributed by atoms with van der Waals surface area (Å²) in [6.07, 6.45) is 0.950. The second-order valence-corrected chi connectivity index (χ2v) is 5.77. The Morgan fingerprint density at radius 2 is 1.91 bits per heavy atom. The lowest BCUT2D eigenvalue weighted by Crippen LogP contribution is -2.42. The lowest BCUT2D eigenvalue weighted by atomic mass is 10.1. The molecule has 1 fully saturated rings. The molecule has 3 rings (SSSR count). The summed E-state index contributed by atoms with van der Waals surface area (Å²) < 4.78 is 5.42. The van der Waals surface area contributed by atoms with Gasteiger partial charge in [-0.15, -0.1) is 0 Å². The van der Waals surface area contributed by atoms with Gasteiger partial charge in [0, 0.05) is 38.4 Å². The monoisotopic (exact) mass is 303 g/mol. The number of rotatable bonds is 3. The number of hydrogen-bond donors (Lipinski definition) is 0. The van der Waals surface area contributed by atoms with E-state index in [0.29, 0.717) is 0 Å². The van der Waals surface area contributed by atoms with Gasteiger partial charge in [-0.05, 0) is 38.0 Å². The summed E-state index contributed by atoms with van der Waals surface area (Å²) in [5, 5.41) is 0. The molecule has 2 aliphatic rings. The average Bonchev–Trinajstić information content (AvgIpc) is 2.99. The number of benzene rings is 1. The van der Waals surface area contributed by atoms with Crippen LogP contribution in [0, 0.1) is 0 Å². The van der Waals surface area contributed by atoms with Crippen molar-refractivity contribution in [3.8, 4) is 0 Å². The first kappa shape index (κ1) is 15.2. The molecule has 0 aliphatic carbocycles. The van der Waals surface area contributed by atoms with E-state index in [-0.39, 0.29) is 6.03 Å². The third-order valence-corrected chi connectivity index (χ3v) is 4.61. The highest BCUT2D eigenvalue weighted by Crippen LogP contribution is 2.33. The van der Waals surface area contributed by atoms with Crippen LogP contribution >= 0.6 is 0 Å². The normalized spacial score (nSPS) is 17.5. The number of fused-ring (bicyclic) bond motifs is 1. The van der Waals surface area contributed by atoms with Crippen LogP contribution in [-0.2, 0) is 11.2 Å². The molecule has 1 aromatic carbocycles. The van der Waals surface area contributed by atoms with Gasteiger partial charge in [-0.25, -0.2) is 4.79 Å². The van der Waals surface area contributed by atoms with E-state index in [1.165, 1.54) is 11.3 Å². The van der Waals surface area contributed by atoms with Gasteiger partial charge in [-0.3, -0.25) is 4.90 Å². The van der Waals surface area contributed by atoms with Crippen LogP contribution in [0.5, 0.6) is 0 Å². The molecule has 0 spiro atoms. The van der Waals surface area contributed by atoms with Gasteiger partial charge < -0.3 is 14.5 Å². The molecule has 0 atom stereocenters. The van der Waals surface area contributed by atoms with Crippen LogP contribution in [0.2, 0.25) is 0 Å². The molecule has 2 heterocycles. The highest BCUT2D eigenvalue weighted by Gasteiger charge is 2.28. The molecular weight excluding hydrogens is 278 g/mol. The Hall–Kier alpha value is -1.75. The molecule has 0 aromatic heterocycles. The number of amides is 2. The molecule has 0 N–H and O–H groups in total. The number of ether oxygens (including phenoxy) is 1. The van der Waals surface area contributed by atoms with Crippen molar-refractivity contribution in [3.05, 3.63) is 23.8 Å². The summed E-state index contributed by atoms with van der Waals surface area (Å²) in [4.78, 5) is 18.8. The Balaban J connectivity index is 1.84. The standard InChI is InChI=1S/C17H25N3O2/c1-3-18(4-2)17(21)20-8-7-14-5-6-15(13-16(14)20)19-9-11-22-12-10-19/h5-6,13H,3-4,7-12H2,1-2H3. The maximum atomic E-state index is 12.7. The van der Waals surface area contributed by atoms with Gasteiger partial charge in [-0.1, -0.05) is 6.07 Å². The number of nitrogens with zero attached hydrogens (tertiary/aromatic N) is 3. The Morgan fingerprint density at radius 1 is 1.18 bits per heavy atom. The van der Waals surface area contributed by atoms with Crippen molar-refractivity contribution >= 4 is 17.4 Å². The second kappa shape index (κ2) is 6.57. The minimum Gasteiger partial charge on any atom is -0.378 e. The number of morpholine rings is 1. The molecule has 0 radical (unpaired) electrons. The first-order valence-corrected chi connectivity index (χ1v) is 8.26. The Labute approximate surface area is 132 Å². The SMILES string of the molecule is CCN(CC)C(=O)N1CCc2ccc(N3CCOCC3)cc21. The van der Waals surface area contributed by atoms with E-state index < -0.39 is 0 Å². The van der Waals surface area contributed by atoms with E-state index in [4.69, 9.17) is 4.74 Å². The van der Waals surface area contributed by atoms with Crippen LogP contribution in [0.4, 0.5) is 16.2 Å². The number of anilines is 2. The van der Waals surface area contributed by atoms with Crippen LogP contribution in [0.25, 0.3) is 0 Å². The van der Waals surface area contributed by atoms with Gasteiger partial charge in [0.1, 0.15) is 0 Å². The molecular formula is C17H25N3O2. The summed E-state index contributed by atoms with van der Waals surface area (Å²) in [5.41, 5.74) is 3.56. The molecule has 120 valence electrons. The summed E-state index contributed by atoms with van der Waals surface area (Å²) in [5.74, 6) is 0. The van der Waals surface area contributed by atoms with Crippen LogP contribution in [0.1, 0.15) is 19.4 Å². The fraction of sp³-hybridized carbons (Fsp3) is 0.588. The lowest BCUT2D eigenvalue weighted by Gasteiger charge is -2.30. The predicted octanol–water partition coefficient (Wildman–Crippen LogP) is 2.35. The zero-order valence-corrected chi connectivity index (χ0v) is 13.5. The number of urea groups is 1. The molecule has 5 nitrogen and oxygen atoms in total. The van der Waals surface area contributed by atoms with Gasteiger partial charge in [0.2, 0.25) is 0 Å². The average molecular weight is 303 g/mol. The van der Waals surface area contributed by atoms with E-state index in [1.54, 1.807) is 0 Å². The molecule has 5 heteroatoms. The number of carbonyl (C=O) groups is 1. The van der Waals surface area contributed by atoms with Crippen LogP contribution in [0.15, 0.2) is 18.2 Å². The number of hydrogen-bond acceptors (Lipinski definition) is 3. The largest absolute Gasteiger partial charge is 0.378 e.